The zero-order chi connectivity index (χ0) is 16.0. The molecule has 0 radical (unpaired) electrons. The number of amides is 2. The topological polar surface area (TPSA) is 55.8 Å². The first-order valence-electron chi connectivity index (χ1n) is 7.88. The summed E-state index contributed by atoms with van der Waals surface area (Å²) in [6, 6.07) is 0. The number of carbonyl (C=O) groups is 2. The van der Waals surface area contributed by atoms with E-state index >= 15 is 0 Å². The fraction of sp³-hybridized carbons (Fsp3) is 0.647. The first-order valence-corrected chi connectivity index (χ1v) is 7.88. The summed E-state index contributed by atoms with van der Waals surface area (Å²) in [4.78, 5) is 23.8. The number of hydrogen-bond acceptors (Lipinski definition) is 4. The molecule has 0 fully saturated rings. The van der Waals surface area contributed by atoms with Crippen molar-refractivity contribution >= 4 is 11.8 Å². The summed E-state index contributed by atoms with van der Waals surface area (Å²) >= 11 is 0. The predicted molar refractivity (Wildman–Crippen MR) is 84.0 cm³/mol. The highest BCUT2D eigenvalue weighted by atomic mass is 16.5. The van der Waals surface area contributed by atoms with Crippen LogP contribution < -0.4 is 0 Å². The number of hydrogen-bond donors (Lipinski definition) is 0. The second-order valence-electron chi connectivity index (χ2n) is 5.15. The Morgan fingerprint density at radius 2 is 1.41 bits per heavy atom. The highest BCUT2D eigenvalue weighted by molar-refractivity contribution is 6.12. The highest BCUT2D eigenvalue weighted by Crippen LogP contribution is 2.06. The fourth-order valence-electron chi connectivity index (χ4n) is 2.16. The Bertz CT molecular complexity index is 393. The van der Waals surface area contributed by atoms with Gasteiger partial charge in [0.15, 0.2) is 0 Å². The van der Waals surface area contributed by atoms with Gasteiger partial charge in [-0.1, -0.05) is 31.6 Å². The molecule has 0 saturated heterocycles. The Hall–Kier alpha value is -1.64. The van der Waals surface area contributed by atoms with Crippen LogP contribution in [-0.2, 0) is 19.1 Å². The van der Waals surface area contributed by atoms with Gasteiger partial charge in [0.2, 0.25) is 0 Å². The summed E-state index contributed by atoms with van der Waals surface area (Å²) in [7, 11) is 0. The number of rotatable bonds is 13. The standard InChI is InChI=1S/C17H25NO4/c1-2-12-21-13-7-5-3-4-6-8-14-22-15-11-18-16(19)9-10-17(18)20/h1,9-10H,3-8,11-15H2. The van der Waals surface area contributed by atoms with Gasteiger partial charge in [-0.05, 0) is 12.8 Å². The molecule has 0 spiro atoms. The SMILES string of the molecule is C#CCOCCCCCCCCOCCN1C(=O)C=CC1=O. The second kappa shape index (κ2) is 12.0. The lowest BCUT2D eigenvalue weighted by atomic mass is 10.1. The summed E-state index contributed by atoms with van der Waals surface area (Å²) in [6.07, 6.45) is 14.4. The van der Waals surface area contributed by atoms with Gasteiger partial charge in [0.1, 0.15) is 6.61 Å². The number of imide groups is 1. The Morgan fingerprint density at radius 1 is 0.864 bits per heavy atom. The monoisotopic (exact) mass is 307 g/mol. The molecule has 0 saturated carbocycles. The fourth-order valence-corrected chi connectivity index (χ4v) is 2.16. The van der Waals surface area contributed by atoms with Gasteiger partial charge >= 0.3 is 0 Å². The molecule has 0 aliphatic carbocycles. The summed E-state index contributed by atoms with van der Waals surface area (Å²) in [5, 5.41) is 0. The zero-order valence-electron chi connectivity index (χ0n) is 13.1. The van der Waals surface area contributed by atoms with Crippen LogP contribution in [0.5, 0.6) is 0 Å². The van der Waals surface area contributed by atoms with Crippen molar-refractivity contribution in [1.29, 1.82) is 0 Å². The smallest absolute Gasteiger partial charge is 0.253 e. The molecule has 1 rings (SSSR count). The van der Waals surface area contributed by atoms with Crippen LogP contribution in [0.15, 0.2) is 12.2 Å². The molecule has 2 amide bonds. The summed E-state index contributed by atoms with van der Waals surface area (Å²) < 4.78 is 10.7. The molecule has 0 aromatic rings. The van der Waals surface area contributed by atoms with E-state index in [1.807, 2.05) is 0 Å². The third-order valence-electron chi connectivity index (χ3n) is 3.37. The summed E-state index contributed by atoms with van der Waals surface area (Å²) in [6.45, 7) is 2.57. The Balaban J connectivity index is 1.80. The van der Waals surface area contributed by atoms with Gasteiger partial charge in [0.25, 0.3) is 11.8 Å². The predicted octanol–water partition coefficient (Wildman–Crippen LogP) is 1.92. The molecule has 0 aromatic heterocycles. The van der Waals surface area contributed by atoms with Crippen molar-refractivity contribution in [3.05, 3.63) is 12.2 Å². The molecule has 0 N–H and O–H groups in total. The van der Waals surface area contributed by atoms with Gasteiger partial charge in [-0.15, -0.1) is 6.42 Å². The van der Waals surface area contributed by atoms with Crippen LogP contribution in [-0.4, -0.2) is 49.7 Å². The molecule has 0 aromatic carbocycles. The van der Waals surface area contributed by atoms with Crippen molar-refractivity contribution < 1.29 is 19.1 Å². The van der Waals surface area contributed by atoms with Crippen LogP contribution in [0.2, 0.25) is 0 Å². The largest absolute Gasteiger partial charge is 0.380 e. The average molecular weight is 307 g/mol. The van der Waals surface area contributed by atoms with Crippen molar-refractivity contribution in [1.82, 2.24) is 4.90 Å². The summed E-state index contributed by atoms with van der Waals surface area (Å²) in [5.41, 5.74) is 0. The third kappa shape index (κ3) is 7.96. The summed E-state index contributed by atoms with van der Waals surface area (Å²) in [5.74, 6) is 1.95. The van der Waals surface area contributed by atoms with Crippen molar-refractivity contribution in [2.24, 2.45) is 0 Å². The Morgan fingerprint density at radius 3 is 2.00 bits per heavy atom. The Kier molecular flexibility index (Phi) is 10.0. The van der Waals surface area contributed by atoms with Gasteiger partial charge in [0, 0.05) is 25.4 Å². The first-order chi connectivity index (χ1) is 10.8. The van der Waals surface area contributed by atoms with E-state index in [4.69, 9.17) is 15.9 Å². The molecule has 122 valence electrons. The molecule has 0 atom stereocenters. The van der Waals surface area contributed by atoms with Crippen LogP contribution in [0.25, 0.3) is 0 Å². The first kappa shape index (κ1) is 18.4. The molecular formula is C17H25NO4. The minimum atomic E-state index is -0.250. The lowest BCUT2D eigenvalue weighted by Crippen LogP contribution is -2.33. The average Bonchev–Trinajstić information content (AvgIpc) is 2.83. The number of nitrogens with zero attached hydrogens (tertiary/aromatic N) is 1. The van der Waals surface area contributed by atoms with E-state index in [-0.39, 0.29) is 11.8 Å². The second-order valence-corrected chi connectivity index (χ2v) is 5.15. The quantitative estimate of drug-likeness (QED) is 0.296. The zero-order valence-corrected chi connectivity index (χ0v) is 13.1. The maximum Gasteiger partial charge on any atom is 0.253 e. The van der Waals surface area contributed by atoms with E-state index in [0.29, 0.717) is 26.4 Å². The van der Waals surface area contributed by atoms with E-state index in [2.05, 4.69) is 5.92 Å². The van der Waals surface area contributed by atoms with E-state index in [1.165, 1.54) is 29.9 Å². The number of terminal acetylenes is 1. The van der Waals surface area contributed by atoms with Crippen molar-refractivity contribution in [2.75, 3.05) is 33.0 Å². The van der Waals surface area contributed by atoms with Gasteiger partial charge < -0.3 is 9.47 Å². The van der Waals surface area contributed by atoms with Crippen LogP contribution in [0.1, 0.15) is 38.5 Å². The van der Waals surface area contributed by atoms with Gasteiger partial charge in [-0.3, -0.25) is 14.5 Å². The molecule has 0 unspecified atom stereocenters. The molecule has 1 aliphatic rings. The van der Waals surface area contributed by atoms with E-state index in [0.717, 1.165) is 32.3 Å². The van der Waals surface area contributed by atoms with Gasteiger partial charge in [-0.25, -0.2) is 0 Å². The molecular weight excluding hydrogens is 282 g/mol. The third-order valence-corrected chi connectivity index (χ3v) is 3.37. The maximum atomic E-state index is 11.3. The van der Waals surface area contributed by atoms with Gasteiger partial charge in [-0.2, -0.15) is 0 Å². The minimum absolute atomic E-state index is 0.250. The maximum absolute atomic E-state index is 11.3. The van der Waals surface area contributed by atoms with Crippen LogP contribution in [0, 0.1) is 12.3 Å². The Labute approximate surface area is 132 Å². The molecule has 1 aliphatic heterocycles. The molecule has 0 bridgehead atoms. The lowest BCUT2D eigenvalue weighted by molar-refractivity contribution is -0.137. The lowest BCUT2D eigenvalue weighted by Gasteiger charge is -2.13. The van der Waals surface area contributed by atoms with Crippen LogP contribution in [0.4, 0.5) is 0 Å². The minimum Gasteiger partial charge on any atom is -0.380 e. The number of ether oxygens (including phenoxy) is 2. The molecule has 1 heterocycles. The molecule has 22 heavy (non-hydrogen) atoms. The number of carbonyl (C=O) groups excluding carboxylic acids is 2. The normalized spacial score (nSPS) is 13.9. The van der Waals surface area contributed by atoms with Crippen molar-refractivity contribution in [2.45, 2.75) is 38.5 Å². The van der Waals surface area contributed by atoms with Gasteiger partial charge in [0.05, 0.1) is 13.2 Å². The highest BCUT2D eigenvalue weighted by Gasteiger charge is 2.22. The van der Waals surface area contributed by atoms with Crippen LogP contribution in [0.3, 0.4) is 0 Å². The molecule has 5 heteroatoms. The van der Waals surface area contributed by atoms with Crippen molar-refractivity contribution in [3.63, 3.8) is 0 Å². The van der Waals surface area contributed by atoms with E-state index in [1.54, 1.807) is 0 Å². The van der Waals surface area contributed by atoms with Crippen molar-refractivity contribution in [3.8, 4) is 12.3 Å². The van der Waals surface area contributed by atoms with Crippen LogP contribution >= 0.6 is 0 Å². The number of unbranched alkanes of at least 4 members (excludes halogenated alkanes) is 5. The molecule has 5 nitrogen and oxygen atoms in total. The van der Waals surface area contributed by atoms with E-state index < -0.39 is 0 Å². The van der Waals surface area contributed by atoms with E-state index in [9.17, 15) is 9.59 Å².